The first-order chi connectivity index (χ1) is 8.23. The van der Waals surface area contributed by atoms with Gasteiger partial charge in [0.2, 0.25) is 5.91 Å². The second kappa shape index (κ2) is 3.99. The Labute approximate surface area is 101 Å². The first-order valence-electron chi connectivity index (χ1n) is 6.61. The van der Waals surface area contributed by atoms with Crippen molar-refractivity contribution in [3.63, 3.8) is 0 Å². The zero-order chi connectivity index (χ0) is 11.9. The predicted molar refractivity (Wildman–Crippen MR) is 61.0 cm³/mol. The molecular weight excluding hydrogens is 216 g/mol. The van der Waals surface area contributed by atoms with E-state index < -0.39 is 5.41 Å². The first-order valence-corrected chi connectivity index (χ1v) is 6.61. The van der Waals surface area contributed by atoms with Gasteiger partial charge in [0.25, 0.3) is 0 Å². The van der Waals surface area contributed by atoms with E-state index in [1.165, 1.54) is 0 Å². The van der Waals surface area contributed by atoms with Crippen molar-refractivity contribution in [1.82, 2.24) is 5.32 Å². The molecule has 1 saturated carbocycles. The van der Waals surface area contributed by atoms with Gasteiger partial charge in [0.15, 0.2) is 0 Å². The highest BCUT2D eigenvalue weighted by molar-refractivity contribution is 5.86. The average Bonchev–Trinajstić information content (AvgIpc) is 3.05. The molecule has 17 heavy (non-hydrogen) atoms. The van der Waals surface area contributed by atoms with Crippen LogP contribution in [0.25, 0.3) is 0 Å². The van der Waals surface area contributed by atoms with Crippen molar-refractivity contribution in [3.8, 4) is 6.07 Å². The number of carbonyl (C=O) groups excluding carboxylic acids is 1. The fourth-order valence-corrected chi connectivity index (χ4v) is 3.46. The fourth-order valence-electron chi connectivity index (χ4n) is 3.46. The molecule has 1 aliphatic carbocycles. The minimum Gasteiger partial charge on any atom is -0.373 e. The highest BCUT2D eigenvalue weighted by Crippen LogP contribution is 2.39. The van der Waals surface area contributed by atoms with Gasteiger partial charge in [0, 0.05) is 0 Å². The zero-order valence-corrected chi connectivity index (χ0v) is 9.95. The van der Waals surface area contributed by atoms with E-state index in [9.17, 15) is 10.1 Å². The maximum absolute atomic E-state index is 12.2. The van der Waals surface area contributed by atoms with Crippen LogP contribution >= 0.6 is 0 Å². The second-order valence-corrected chi connectivity index (χ2v) is 5.59. The number of hydrogen-bond acceptors (Lipinski definition) is 3. The number of fused-ring (bicyclic) bond motifs is 2. The number of nitrogens with zero attached hydrogens (tertiary/aromatic N) is 1. The van der Waals surface area contributed by atoms with Gasteiger partial charge in [-0.25, -0.2) is 0 Å². The lowest BCUT2D eigenvalue weighted by Gasteiger charge is -2.25. The molecule has 2 heterocycles. The number of hydrogen-bond donors (Lipinski definition) is 1. The largest absolute Gasteiger partial charge is 0.373 e. The molecule has 0 spiro atoms. The van der Waals surface area contributed by atoms with Crippen molar-refractivity contribution in [2.24, 2.45) is 5.41 Å². The number of nitriles is 1. The summed E-state index contributed by atoms with van der Waals surface area (Å²) in [6, 6.07) is 2.39. The standard InChI is InChI=1S/C13H18N2O2/c14-8-13(5-1-2-6-13)12(16)15-10-7-9-3-4-11(10)17-9/h9-11H,1-7H2,(H,15,16). The van der Waals surface area contributed by atoms with E-state index in [1.54, 1.807) is 0 Å². The topological polar surface area (TPSA) is 62.1 Å². The van der Waals surface area contributed by atoms with Gasteiger partial charge in [-0.1, -0.05) is 12.8 Å². The Hall–Kier alpha value is -1.08. The van der Waals surface area contributed by atoms with Gasteiger partial charge in [-0.3, -0.25) is 4.79 Å². The van der Waals surface area contributed by atoms with Gasteiger partial charge in [-0.15, -0.1) is 0 Å². The summed E-state index contributed by atoms with van der Waals surface area (Å²) in [5.74, 6) is -0.0568. The normalized spacial score (nSPS) is 37.9. The van der Waals surface area contributed by atoms with Crippen molar-refractivity contribution in [1.29, 1.82) is 5.26 Å². The maximum Gasteiger partial charge on any atom is 0.240 e. The molecule has 2 bridgehead atoms. The van der Waals surface area contributed by atoms with Crippen LogP contribution in [0, 0.1) is 16.7 Å². The van der Waals surface area contributed by atoms with E-state index >= 15 is 0 Å². The lowest BCUT2D eigenvalue weighted by molar-refractivity contribution is -0.129. The van der Waals surface area contributed by atoms with Crippen LogP contribution in [-0.4, -0.2) is 24.2 Å². The summed E-state index contributed by atoms with van der Waals surface area (Å²) in [4.78, 5) is 12.2. The predicted octanol–water partition coefficient (Wildman–Crippen LogP) is 1.51. The maximum atomic E-state index is 12.2. The van der Waals surface area contributed by atoms with Gasteiger partial charge in [-0.05, 0) is 32.1 Å². The molecule has 4 nitrogen and oxygen atoms in total. The number of rotatable bonds is 2. The van der Waals surface area contributed by atoms with Gasteiger partial charge in [0.1, 0.15) is 5.41 Å². The number of ether oxygens (including phenoxy) is 1. The minimum atomic E-state index is -0.748. The molecule has 0 aromatic rings. The lowest BCUT2D eigenvalue weighted by atomic mass is 9.86. The first kappa shape index (κ1) is 11.0. The second-order valence-electron chi connectivity index (χ2n) is 5.59. The molecule has 0 radical (unpaired) electrons. The summed E-state index contributed by atoms with van der Waals surface area (Å²) < 4.78 is 5.72. The summed E-state index contributed by atoms with van der Waals surface area (Å²) in [5.41, 5.74) is -0.748. The van der Waals surface area contributed by atoms with Crippen molar-refractivity contribution in [2.75, 3.05) is 0 Å². The molecule has 3 aliphatic rings. The summed E-state index contributed by atoms with van der Waals surface area (Å²) in [7, 11) is 0. The number of carbonyl (C=O) groups is 1. The average molecular weight is 234 g/mol. The fraction of sp³-hybridized carbons (Fsp3) is 0.846. The SMILES string of the molecule is N#CC1(C(=O)NC2CC3CCC2O3)CCCC1. The minimum absolute atomic E-state index is 0.0568. The molecule has 0 aromatic carbocycles. The van der Waals surface area contributed by atoms with Crippen LogP contribution in [0.1, 0.15) is 44.9 Å². The van der Waals surface area contributed by atoms with E-state index in [1.807, 2.05) is 0 Å². The van der Waals surface area contributed by atoms with Crippen molar-refractivity contribution in [3.05, 3.63) is 0 Å². The number of amides is 1. The van der Waals surface area contributed by atoms with Crippen LogP contribution in [0.5, 0.6) is 0 Å². The van der Waals surface area contributed by atoms with Crippen LogP contribution in [0.3, 0.4) is 0 Å². The Balaban J connectivity index is 1.65. The molecule has 3 atom stereocenters. The van der Waals surface area contributed by atoms with Crippen LogP contribution in [0.15, 0.2) is 0 Å². The molecule has 0 aromatic heterocycles. The quantitative estimate of drug-likeness (QED) is 0.787. The Morgan fingerprint density at radius 1 is 1.35 bits per heavy atom. The molecule has 3 fully saturated rings. The molecule has 2 saturated heterocycles. The van der Waals surface area contributed by atoms with Crippen molar-refractivity contribution >= 4 is 5.91 Å². The van der Waals surface area contributed by atoms with Crippen LogP contribution < -0.4 is 5.32 Å². The van der Waals surface area contributed by atoms with Gasteiger partial charge in [-0.2, -0.15) is 5.26 Å². The van der Waals surface area contributed by atoms with Crippen LogP contribution in [-0.2, 0) is 9.53 Å². The molecule has 2 aliphatic heterocycles. The Bertz CT molecular complexity index is 368. The molecule has 4 heteroatoms. The Kier molecular flexibility index (Phi) is 2.59. The highest BCUT2D eigenvalue weighted by Gasteiger charge is 2.46. The van der Waals surface area contributed by atoms with E-state index in [0.29, 0.717) is 6.10 Å². The zero-order valence-electron chi connectivity index (χ0n) is 9.95. The van der Waals surface area contributed by atoms with Gasteiger partial charge >= 0.3 is 0 Å². The monoisotopic (exact) mass is 234 g/mol. The van der Waals surface area contributed by atoms with Crippen LogP contribution in [0.4, 0.5) is 0 Å². The van der Waals surface area contributed by atoms with E-state index in [-0.39, 0.29) is 18.1 Å². The van der Waals surface area contributed by atoms with Crippen molar-refractivity contribution < 1.29 is 9.53 Å². The van der Waals surface area contributed by atoms with Gasteiger partial charge in [0.05, 0.1) is 24.3 Å². The molecular formula is C13H18N2O2. The third kappa shape index (κ3) is 1.73. The summed E-state index contributed by atoms with van der Waals surface area (Å²) in [6.45, 7) is 0. The van der Waals surface area contributed by atoms with Gasteiger partial charge < -0.3 is 10.1 Å². The molecule has 3 rings (SSSR count). The van der Waals surface area contributed by atoms with E-state index in [4.69, 9.17) is 4.74 Å². The number of nitrogens with one attached hydrogen (secondary N) is 1. The lowest BCUT2D eigenvalue weighted by Crippen LogP contribution is -2.47. The third-order valence-electron chi connectivity index (χ3n) is 4.53. The Morgan fingerprint density at radius 2 is 2.12 bits per heavy atom. The highest BCUT2D eigenvalue weighted by atomic mass is 16.5. The van der Waals surface area contributed by atoms with Crippen molar-refractivity contribution in [2.45, 2.75) is 63.2 Å². The smallest absolute Gasteiger partial charge is 0.240 e. The Morgan fingerprint density at radius 3 is 2.65 bits per heavy atom. The third-order valence-corrected chi connectivity index (χ3v) is 4.53. The van der Waals surface area contributed by atoms with Crippen LogP contribution in [0.2, 0.25) is 0 Å². The molecule has 1 N–H and O–H groups in total. The molecule has 92 valence electrons. The summed E-state index contributed by atoms with van der Waals surface area (Å²) >= 11 is 0. The summed E-state index contributed by atoms with van der Waals surface area (Å²) in [6.07, 6.45) is 7.07. The van der Waals surface area contributed by atoms with E-state index in [0.717, 1.165) is 44.9 Å². The van der Waals surface area contributed by atoms with E-state index in [2.05, 4.69) is 11.4 Å². The molecule has 3 unspecified atom stereocenters. The summed E-state index contributed by atoms with van der Waals surface area (Å²) in [5, 5.41) is 12.3. The molecule has 1 amide bonds.